The highest BCUT2D eigenvalue weighted by Crippen LogP contribution is 2.32. The molecule has 1 atom stereocenters. The molecule has 2 heterocycles. The molecule has 4 rings (SSSR count). The Labute approximate surface area is 183 Å². The average Bonchev–Trinajstić information content (AvgIpc) is 3.36. The predicted octanol–water partition coefficient (Wildman–Crippen LogP) is 5.61. The number of rotatable bonds is 6. The first-order valence-corrected chi connectivity index (χ1v) is 10.6. The van der Waals surface area contributed by atoms with Gasteiger partial charge in [0.25, 0.3) is 0 Å². The van der Waals surface area contributed by atoms with Gasteiger partial charge in [-0.1, -0.05) is 53.7 Å². The molecule has 1 unspecified atom stereocenters. The molecular formula is C22H19ClN4O2S. The number of thioether (sulfide) groups is 1. The maximum Gasteiger partial charge on any atom is 0.237 e. The first-order valence-electron chi connectivity index (χ1n) is 9.32. The summed E-state index contributed by atoms with van der Waals surface area (Å²) in [5, 5.41) is 12.3. The number of hydrogen-bond acceptors (Lipinski definition) is 5. The molecule has 0 saturated heterocycles. The minimum Gasteiger partial charge on any atom is -0.469 e. The van der Waals surface area contributed by atoms with E-state index < -0.39 is 5.25 Å². The van der Waals surface area contributed by atoms with E-state index in [1.165, 1.54) is 11.8 Å². The van der Waals surface area contributed by atoms with Crippen LogP contribution in [-0.4, -0.2) is 25.9 Å². The van der Waals surface area contributed by atoms with Crippen LogP contribution in [0.25, 0.3) is 17.1 Å². The summed E-state index contributed by atoms with van der Waals surface area (Å²) in [7, 11) is 0. The number of amides is 1. The van der Waals surface area contributed by atoms with Gasteiger partial charge in [0.15, 0.2) is 11.0 Å². The number of anilines is 1. The van der Waals surface area contributed by atoms with Crippen LogP contribution in [0.2, 0.25) is 5.02 Å². The fourth-order valence-corrected chi connectivity index (χ4v) is 4.01. The highest BCUT2D eigenvalue weighted by molar-refractivity contribution is 8.00. The molecule has 0 aliphatic carbocycles. The summed E-state index contributed by atoms with van der Waals surface area (Å²) in [4.78, 5) is 12.7. The first kappa shape index (κ1) is 20.3. The minimum absolute atomic E-state index is 0.170. The van der Waals surface area contributed by atoms with Crippen LogP contribution in [0.1, 0.15) is 12.7 Å². The maximum atomic E-state index is 12.7. The second-order valence-electron chi connectivity index (χ2n) is 6.60. The number of halogens is 1. The van der Waals surface area contributed by atoms with Crippen LogP contribution in [0.15, 0.2) is 76.5 Å². The third-order valence-corrected chi connectivity index (χ3v) is 5.90. The van der Waals surface area contributed by atoms with E-state index in [4.69, 9.17) is 16.0 Å². The molecule has 1 amide bonds. The number of benzene rings is 2. The van der Waals surface area contributed by atoms with Gasteiger partial charge in [0.05, 0.1) is 27.8 Å². The third kappa shape index (κ3) is 4.13. The lowest BCUT2D eigenvalue weighted by molar-refractivity contribution is -0.115. The fraction of sp³-hybridized carbons (Fsp3) is 0.136. The molecule has 0 bridgehead atoms. The zero-order valence-electron chi connectivity index (χ0n) is 16.4. The Morgan fingerprint density at radius 1 is 1.10 bits per heavy atom. The zero-order valence-corrected chi connectivity index (χ0v) is 17.9. The molecule has 0 saturated carbocycles. The summed E-state index contributed by atoms with van der Waals surface area (Å²) >= 11 is 7.48. The second kappa shape index (κ2) is 8.77. The van der Waals surface area contributed by atoms with Gasteiger partial charge in [0.1, 0.15) is 5.76 Å². The quantitative estimate of drug-likeness (QED) is 0.396. The Bertz CT molecular complexity index is 1170. The van der Waals surface area contributed by atoms with E-state index in [1.54, 1.807) is 18.4 Å². The Balaban J connectivity index is 1.64. The van der Waals surface area contributed by atoms with Crippen molar-refractivity contribution in [3.05, 3.63) is 77.7 Å². The van der Waals surface area contributed by atoms with E-state index in [9.17, 15) is 4.79 Å². The number of aryl methyl sites for hydroxylation is 1. The van der Waals surface area contributed by atoms with Crippen molar-refractivity contribution in [1.29, 1.82) is 0 Å². The van der Waals surface area contributed by atoms with Gasteiger partial charge in [0.2, 0.25) is 5.91 Å². The van der Waals surface area contributed by atoms with Gasteiger partial charge in [-0.2, -0.15) is 0 Å². The van der Waals surface area contributed by atoms with Crippen molar-refractivity contribution < 1.29 is 9.21 Å². The van der Waals surface area contributed by atoms with Gasteiger partial charge in [-0.25, -0.2) is 0 Å². The molecule has 6 nitrogen and oxygen atoms in total. The lowest BCUT2D eigenvalue weighted by Crippen LogP contribution is -2.23. The SMILES string of the molecule is Cc1occc1-c1nnc(SC(C)C(=O)Nc2ccccc2Cl)n1-c1ccccc1. The minimum atomic E-state index is -0.425. The van der Waals surface area contributed by atoms with Crippen LogP contribution in [0, 0.1) is 6.92 Å². The summed E-state index contributed by atoms with van der Waals surface area (Å²) in [5.74, 6) is 1.24. The molecule has 0 aliphatic rings. The maximum absolute atomic E-state index is 12.7. The first-order chi connectivity index (χ1) is 14.5. The van der Waals surface area contributed by atoms with Gasteiger partial charge in [-0.05, 0) is 44.2 Å². The van der Waals surface area contributed by atoms with E-state index in [1.807, 2.05) is 66.9 Å². The lowest BCUT2D eigenvalue weighted by atomic mass is 10.2. The molecule has 0 spiro atoms. The molecule has 2 aromatic heterocycles. The van der Waals surface area contributed by atoms with Gasteiger partial charge in [0, 0.05) is 5.69 Å². The van der Waals surface area contributed by atoms with Crippen molar-refractivity contribution in [2.24, 2.45) is 0 Å². The largest absolute Gasteiger partial charge is 0.469 e. The number of hydrogen-bond donors (Lipinski definition) is 1. The van der Waals surface area contributed by atoms with Crippen molar-refractivity contribution in [2.75, 3.05) is 5.32 Å². The Hall–Kier alpha value is -3.03. The van der Waals surface area contributed by atoms with Crippen molar-refractivity contribution >= 4 is 35.0 Å². The number of aromatic nitrogens is 3. The van der Waals surface area contributed by atoms with E-state index in [-0.39, 0.29) is 5.91 Å². The Morgan fingerprint density at radius 2 is 1.83 bits per heavy atom. The van der Waals surface area contributed by atoms with Crippen molar-refractivity contribution in [2.45, 2.75) is 24.3 Å². The van der Waals surface area contributed by atoms with Crippen LogP contribution in [0.3, 0.4) is 0 Å². The topological polar surface area (TPSA) is 72.9 Å². The lowest BCUT2D eigenvalue weighted by Gasteiger charge is -2.14. The van der Waals surface area contributed by atoms with Crippen molar-refractivity contribution in [3.8, 4) is 17.1 Å². The van der Waals surface area contributed by atoms with Gasteiger partial charge in [-0.3, -0.25) is 9.36 Å². The van der Waals surface area contributed by atoms with Crippen LogP contribution >= 0.6 is 23.4 Å². The normalized spacial score (nSPS) is 12.0. The molecule has 4 aromatic rings. The summed E-state index contributed by atoms with van der Waals surface area (Å²) in [6, 6.07) is 18.8. The highest BCUT2D eigenvalue weighted by atomic mass is 35.5. The van der Waals surface area contributed by atoms with Crippen LogP contribution in [0.4, 0.5) is 5.69 Å². The molecule has 152 valence electrons. The third-order valence-electron chi connectivity index (χ3n) is 4.53. The average molecular weight is 439 g/mol. The second-order valence-corrected chi connectivity index (χ2v) is 8.31. The van der Waals surface area contributed by atoms with Crippen LogP contribution in [0.5, 0.6) is 0 Å². The Morgan fingerprint density at radius 3 is 2.53 bits per heavy atom. The number of nitrogens with zero attached hydrogens (tertiary/aromatic N) is 3. The summed E-state index contributed by atoms with van der Waals surface area (Å²) in [5.41, 5.74) is 2.33. The monoisotopic (exact) mass is 438 g/mol. The molecule has 0 radical (unpaired) electrons. The van der Waals surface area contributed by atoms with Gasteiger partial charge in [-0.15, -0.1) is 10.2 Å². The fourth-order valence-electron chi connectivity index (χ4n) is 2.96. The molecule has 1 N–H and O–H groups in total. The van der Waals surface area contributed by atoms with E-state index in [2.05, 4.69) is 15.5 Å². The van der Waals surface area contributed by atoms with E-state index >= 15 is 0 Å². The van der Waals surface area contributed by atoms with E-state index in [0.717, 1.165) is 17.0 Å². The summed E-state index contributed by atoms with van der Waals surface area (Å²) in [6.45, 7) is 3.70. The predicted molar refractivity (Wildman–Crippen MR) is 119 cm³/mol. The number of para-hydroxylation sites is 2. The van der Waals surface area contributed by atoms with Gasteiger partial charge >= 0.3 is 0 Å². The van der Waals surface area contributed by atoms with Crippen LogP contribution < -0.4 is 5.32 Å². The molecule has 2 aromatic carbocycles. The molecule has 0 fully saturated rings. The standard InChI is InChI=1S/C22H19ClN4O2S/c1-14-17(12-13-29-14)20-25-26-22(27(20)16-8-4-3-5-9-16)30-15(2)21(28)24-19-11-7-6-10-18(19)23/h3-13,15H,1-2H3,(H,24,28). The molecular weight excluding hydrogens is 420 g/mol. The van der Waals surface area contributed by atoms with E-state index in [0.29, 0.717) is 21.7 Å². The summed E-state index contributed by atoms with van der Waals surface area (Å²) < 4.78 is 7.38. The summed E-state index contributed by atoms with van der Waals surface area (Å²) in [6.07, 6.45) is 1.63. The number of carbonyl (C=O) groups is 1. The number of furan rings is 1. The smallest absolute Gasteiger partial charge is 0.237 e. The zero-order chi connectivity index (χ0) is 21.1. The molecule has 30 heavy (non-hydrogen) atoms. The molecule has 0 aliphatic heterocycles. The highest BCUT2D eigenvalue weighted by Gasteiger charge is 2.23. The van der Waals surface area contributed by atoms with Crippen molar-refractivity contribution in [1.82, 2.24) is 14.8 Å². The van der Waals surface area contributed by atoms with Crippen LogP contribution in [-0.2, 0) is 4.79 Å². The van der Waals surface area contributed by atoms with Crippen molar-refractivity contribution in [3.63, 3.8) is 0 Å². The number of nitrogens with one attached hydrogen (secondary N) is 1. The number of carbonyl (C=O) groups excluding carboxylic acids is 1. The Kier molecular flexibility index (Phi) is 5.92. The molecule has 8 heteroatoms. The van der Waals surface area contributed by atoms with Gasteiger partial charge < -0.3 is 9.73 Å².